The van der Waals surface area contributed by atoms with Gasteiger partial charge in [-0.25, -0.2) is 0 Å². The molecule has 0 bridgehead atoms. The van der Waals surface area contributed by atoms with E-state index in [1.807, 2.05) is 31.2 Å². The van der Waals surface area contributed by atoms with Gasteiger partial charge in [-0.05, 0) is 48.4 Å². The Hall–Kier alpha value is -2.27. The summed E-state index contributed by atoms with van der Waals surface area (Å²) in [6.45, 7) is 7.05. The highest BCUT2D eigenvalue weighted by molar-refractivity contribution is 5.32. The number of hydrogen-bond donors (Lipinski definition) is 0. The first-order chi connectivity index (χ1) is 11.1. The van der Waals surface area contributed by atoms with E-state index >= 15 is 0 Å². The summed E-state index contributed by atoms with van der Waals surface area (Å²) in [6, 6.07) is 18.9. The first kappa shape index (κ1) is 17.1. The van der Waals surface area contributed by atoms with E-state index in [2.05, 4.69) is 44.2 Å². The van der Waals surface area contributed by atoms with Crippen molar-refractivity contribution in [2.24, 2.45) is 0 Å². The molecule has 0 spiro atoms. The van der Waals surface area contributed by atoms with Crippen LogP contribution in [0.5, 0.6) is 5.75 Å². The molecule has 0 heterocycles. The molecule has 0 aromatic heterocycles. The summed E-state index contributed by atoms with van der Waals surface area (Å²) in [5.74, 6) is 1.39. The van der Waals surface area contributed by atoms with Gasteiger partial charge in [0.05, 0.1) is 18.6 Å². The Morgan fingerprint density at radius 1 is 1.00 bits per heavy atom. The predicted molar refractivity (Wildman–Crippen MR) is 94.8 cm³/mol. The van der Waals surface area contributed by atoms with Crippen molar-refractivity contribution in [3.05, 3.63) is 65.2 Å². The minimum atomic E-state index is -0.0586. The van der Waals surface area contributed by atoms with Crippen molar-refractivity contribution >= 4 is 0 Å². The van der Waals surface area contributed by atoms with E-state index in [4.69, 9.17) is 4.74 Å². The Morgan fingerprint density at radius 3 is 2.26 bits per heavy atom. The third-order valence-electron chi connectivity index (χ3n) is 4.15. The number of benzene rings is 2. The molecule has 2 aromatic carbocycles. The van der Waals surface area contributed by atoms with Crippen LogP contribution in [0.1, 0.15) is 55.2 Å². The first-order valence-electron chi connectivity index (χ1n) is 8.29. The highest BCUT2D eigenvalue weighted by atomic mass is 16.5. The zero-order valence-corrected chi connectivity index (χ0v) is 14.3. The van der Waals surface area contributed by atoms with E-state index in [1.54, 1.807) is 0 Å². The Kier molecular flexibility index (Phi) is 6.23. The van der Waals surface area contributed by atoms with Crippen LogP contribution in [-0.2, 0) is 0 Å². The Bertz CT molecular complexity index is 652. The molecule has 0 radical (unpaired) electrons. The molecule has 0 saturated heterocycles. The number of nitrogens with zero attached hydrogens (tertiary/aromatic N) is 1. The molecule has 2 rings (SSSR count). The maximum absolute atomic E-state index is 9.43. The Labute approximate surface area is 139 Å². The molecule has 2 nitrogen and oxygen atoms in total. The van der Waals surface area contributed by atoms with Crippen LogP contribution >= 0.6 is 0 Å². The topological polar surface area (TPSA) is 33.0 Å². The van der Waals surface area contributed by atoms with E-state index in [1.165, 1.54) is 5.56 Å². The summed E-state index contributed by atoms with van der Waals surface area (Å²) >= 11 is 0. The van der Waals surface area contributed by atoms with Gasteiger partial charge in [0.2, 0.25) is 0 Å². The summed E-state index contributed by atoms with van der Waals surface area (Å²) in [7, 11) is 0. The predicted octanol–water partition coefficient (Wildman–Crippen LogP) is 5.58. The van der Waals surface area contributed by atoms with Gasteiger partial charge >= 0.3 is 0 Å². The smallest absolute Gasteiger partial charge is 0.122 e. The van der Waals surface area contributed by atoms with Gasteiger partial charge in [-0.1, -0.05) is 56.3 Å². The lowest BCUT2D eigenvalue weighted by molar-refractivity contribution is 0.303. The highest BCUT2D eigenvalue weighted by Crippen LogP contribution is 2.24. The van der Waals surface area contributed by atoms with Crippen molar-refractivity contribution in [3.8, 4) is 11.8 Å². The highest BCUT2D eigenvalue weighted by Gasteiger charge is 2.11. The third kappa shape index (κ3) is 4.86. The summed E-state index contributed by atoms with van der Waals surface area (Å²) in [5.41, 5.74) is 3.56. The average Bonchev–Trinajstić information content (AvgIpc) is 2.56. The Morgan fingerprint density at radius 2 is 1.65 bits per heavy atom. The molecule has 2 heteroatoms. The largest absolute Gasteiger partial charge is 0.493 e. The lowest BCUT2D eigenvalue weighted by Gasteiger charge is -2.13. The zero-order chi connectivity index (χ0) is 16.7. The SMILES string of the molecule is Cc1ccccc1OCCCC(C#N)c1ccc(C(C)C)cc1. The molecule has 0 fully saturated rings. The average molecular weight is 307 g/mol. The minimum absolute atomic E-state index is 0.0586. The number of aryl methyl sites for hydroxylation is 1. The van der Waals surface area contributed by atoms with Gasteiger partial charge in [-0.2, -0.15) is 5.26 Å². The van der Waals surface area contributed by atoms with Crippen molar-refractivity contribution in [1.82, 2.24) is 0 Å². The van der Waals surface area contributed by atoms with Crippen LogP contribution in [-0.4, -0.2) is 6.61 Å². The van der Waals surface area contributed by atoms with Crippen molar-refractivity contribution in [2.45, 2.75) is 45.4 Å². The van der Waals surface area contributed by atoms with Gasteiger partial charge in [-0.15, -0.1) is 0 Å². The van der Waals surface area contributed by atoms with E-state index in [9.17, 15) is 5.26 Å². The number of para-hydroxylation sites is 1. The van der Waals surface area contributed by atoms with E-state index in [0.717, 1.165) is 29.7 Å². The molecule has 1 atom stereocenters. The molecule has 120 valence electrons. The fraction of sp³-hybridized carbons (Fsp3) is 0.381. The maximum atomic E-state index is 9.43. The molecule has 0 amide bonds. The van der Waals surface area contributed by atoms with Crippen molar-refractivity contribution in [3.63, 3.8) is 0 Å². The number of hydrogen-bond acceptors (Lipinski definition) is 2. The van der Waals surface area contributed by atoms with Crippen LogP contribution in [0.2, 0.25) is 0 Å². The standard InChI is InChI=1S/C21H25NO/c1-16(2)18-10-12-19(13-11-18)20(15-22)8-6-14-23-21-9-5-4-7-17(21)3/h4-5,7,9-13,16,20H,6,8,14H2,1-3H3. The van der Waals surface area contributed by atoms with Gasteiger partial charge in [0, 0.05) is 0 Å². The first-order valence-corrected chi connectivity index (χ1v) is 8.29. The van der Waals surface area contributed by atoms with Crippen molar-refractivity contribution in [1.29, 1.82) is 5.26 Å². The number of ether oxygens (including phenoxy) is 1. The monoisotopic (exact) mass is 307 g/mol. The van der Waals surface area contributed by atoms with Crippen molar-refractivity contribution < 1.29 is 4.74 Å². The van der Waals surface area contributed by atoms with Crippen LogP contribution in [0.4, 0.5) is 0 Å². The fourth-order valence-corrected chi connectivity index (χ4v) is 2.61. The second-order valence-electron chi connectivity index (χ2n) is 6.26. The number of nitriles is 1. The fourth-order valence-electron chi connectivity index (χ4n) is 2.61. The van der Waals surface area contributed by atoms with Crippen LogP contribution < -0.4 is 4.74 Å². The van der Waals surface area contributed by atoms with Gasteiger partial charge in [0.1, 0.15) is 5.75 Å². The summed E-state index contributed by atoms with van der Waals surface area (Å²) in [4.78, 5) is 0. The maximum Gasteiger partial charge on any atom is 0.122 e. The molecule has 1 unspecified atom stereocenters. The molecule has 23 heavy (non-hydrogen) atoms. The van der Waals surface area contributed by atoms with Crippen LogP contribution in [0.3, 0.4) is 0 Å². The second-order valence-corrected chi connectivity index (χ2v) is 6.26. The van der Waals surface area contributed by atoms with E-state index in [-0.39, 0.29) is 5.92 Å². The van der Waals surface area contributed by atoms with Gasteiger partial charge in [0.15, 0.2) is 0 Å². The van der Waals surface area contributed by atoms with Crippen LogP contribution in [0.25, 0.3) is 0 Å². The molecule has 2 aromatic rings. The van der Waals surface area contributed by atoms with Crippen molar-refractivity contribution in [2.75, 3.05) is 6.61 Å². The lowest BCUT2D eigenvalue weighted by Crippen LogP contribution is -2.03. The minimum Gasteiger partial charge on any atom is -0.493 e. The van der Waals surface area contributed by atoms with Gasteiger partial charge in [-0.3, -0.25) is 0 Å². The van der Waals surface area contributed by atoms with Gasteiger partial charge < -0.3 is 4.74 Å². The quantitative estimate of drug-likeness (QED) is 0.625. The molecule has 0 N–H and O–H groups in total. The molecule has 0 saturated carbocycles. The van der Waals surface area contributed by atoms with Crippen LogP contribution in [0, 0.1) is 18.3 Å². The summed E-state index contributed by atoms with van der Waals surface area (Å²) in [5, 5.41) is 9.43. The molecular weight excluding hydrogens is 282 g/mol. The second kappa shape index (κ2) is 8.39. The van der Waals surface area contributed by atoms with Gasteiger partial charge in [0.25, 0.3) is 0 Å². The molecule has 0 aliphatic carbocycles. The number of rotatable bonds is 7. The lowest BCUT2D eigenvalue weighted by atomic mass is 9.93. The summed E-state index contributed by atoms with van der Waals surface area (Å²) < 4.78 is 5.81. The molecule has 0 aliphatic heterocycles. The van der Waals surface area contributed by atoms with E-state index in [0.29, 0.717) is 12.5 Å². The summed E-state index contributed by atoms with van der Waals surface area (Å²) in [6.07, 6.45) is 1.70. The third-order valence-corrected chi connectivity index (χ3v) is 4.15. The molecule has 0 aliphatic rings. The van der Waals surface area contributed by atoms with E-state index < -0.39 is 0 Å². The normalized spacial score (nSPS) is 12.0. The zero-order valence-electron chi connectivity index (χ0n) is 14.3. The van der Waals surface area contributed by atoms with Crippen LogP contribution in [0.15, 0.2) is 48.5 Å². The Balaban J connectivity index is 1.85. The molecular formula is C21H25NO.